The van der Waals surface area contributed by atoms with Crippen LogP contribution in [0.3, 0.4) is 0 Å². The highest BCUT2D eigenvalue weighted by Crippen LogP contribution is 2.12. The standard InChI is InChI=1S/C17H16N2O3/c1-18(11-13-7-3-2-4-8-13)16(20)12-19-14-9-5-6-10-15(14)22-17(19)21/h2-10H,11-12H2,1H3. The van der Waals surface area contributed by atoms with Crippen LogP contribution < -0.4 is 5.76 Å². The number of aromatic nitrogens is 1. The zero-order valence-corrected chi connectivity index (χ0v) is 12.2. The first kappa shape index (κ1) is 14.1. The smallest absolute Gasteiger partial charge is 0.408 e. The highest BCUT2D eigenvalue weighted by molar-refractivity contribution is 5.79. The minimum absolute atomic E-state index is 0.0286. The molecule has 0 unspecified atom stereocenters. The second-order valence-corrected chi connectivity index (χ2v) is 5.16. The summed E-state index contributed by atoms with van der Waals surface area (Å²) < 4.78 is 6.49. The molecule has 0 bridgehead atoms. The van der Waals surface area contributed by atoms with Crippen molar-refractivity contribution in [2.24, 2.45) is 0 Å². The molecule has 0 N–H and O–H groups in total. The molecular weight excluding hydrogens is 280 g/mol. The van der Waals surface area contributed by atoms with E-state index in [4.69, 9.17) is 4.42 Å². The van der Waals surface area contributed by atoms with E-state index in [0.29, 0.717) is 17.6 Å². The van der Waals surface area contributed by atoms with Gasteiger partial charge in [-0.05, 0) is 17.7 Å². The van der Waals surface area contributed by atoms with Crippen molar-refractivity contribution < 1.29 is 9.21 Å². The van der Waals surface area contributed by atoms with Crippen molar-refractivity contribution in [2.45, 2.75) is 13.1 Å². The second-order valence-electron chi connectivity index (χ2n) is 5.16. The first-order valence-electron chi connectivity index (χ1n) is 7.01. The lowest BCUT2D eigenvalue weighted by atomic mass is 10.2. The summed E-state index contributed by atoms with van der Waals surface area (Å²) in [5, 5.41) is 0. The molecule has 2 aromatic carbocycles. The van der Waals surface area contributed by atoms with Gasteiger partial charge >= 0.3 is 5.76 Å². The molecule has 112 valence electrons. The molecule has 0 saturated heterocycles. The van der Waals surface area contributed by atoms with Crippen molar-refractivity contribution in [1.82, 2.24) is 9.47 Å². The predicted molar refractivity (Wildman–Crippen MR) is 83.4 cm³/mol. The second kappa shape index (κ2) is 5.89. The van der Waals surface area contributed by atoms with Gasteiger partial charge in [0.1, 0.15) is 6.54 Å². The van der Waals surface area contributed by atoms with Crippen molar-refractivity contribution in [2.75, 3.05) is 7.05 Å². The van der Waals surface area contributed by atoms with E-state index in [9.17, 15) is 9.59 Å². The van der Waals surface area contributed by atoms with Crippen LogP contribution >= 0.6 is 0 Å². The van der Waals surface area contributed by atoms with Crippen LogP contribution in [0.4, 0.5) is 0 Å². The highest BCUT2D eigenvalue weighted by atomic mass is 16.4. The van der Waals surface area contributed by atoms with Crippen LogP contribution in [0.15, 0.2) is 63.8 Å². The fraction of sp³-hybridized carbons (Fsp3) is 0.176. The van der Waals surface area contributed by atoms with E-state index in [-0.39, 0.29) is 12.5 Å². The molecule has 0 aliphatic carbocycles. The molecule has 1 aromatic heterocycles. The van der Waals surface area contributed by atoms with Crippen LogP contribution in [0.1, 0.15) is 5.56 Å². The minimum Gasteiger partial charge on any atom is -0.408 e. The molecule has 3 aromatic rings. The number of benzene rings is 2. The maximum Gasteiger partial charge on any atom is 0.420 e. The van der Waals surface area contributed by atoms with Gasteiger partial charge in [-0.15, -0.1) is 0 Å². The van der Waals surface area contributed by atoms with E-state index in [1.807, 2.05) is 36.4 Å². The van der Waals surface area contributed by atoms with Crippen LogP contribution in [0.25, 0.3) is 11.1 Å². The number of nitrogens with zero attached hydrogens (tertiary/aromatic N) is 2. The Morgan fingerprint density at radius 2 is 1.77 bits per heavy atom. The van der Waals surface area contributed by atoms with Gasteiger partial charge in [-0.25, -0.2) is 4.79 Å². The molecule has 3 rings (SSSR count). The van der Waals surface area contributed by atoms with Gasteiger partial charge < -0.3 is 9.32 Å². The average Bonchev–Trinajstić information content (AvgIpc) is 2.84. The van der Waals surface area contributed by atoms with E-state index >= 15 is 0 Å². The van der Waals surface area contributed by atoms with Crippen LogP contribution in [0.5, 0.6) is 0 Å². The molecule has 1 heterocycles. The third-order valence-corrected chi connectivity index (χ3v) is 3.56. The molecular formula is C17H16N2O3. The summed E-state index contributed by atoms with van der Waals surface area (Å²) in [6.45, 7) is 0.476. The number of likely N-dealkylation sites (N-methyl/N-ethyl adjacent to an activating group) is 1. The molecule has 0 saturated carbocycles. The van der Waals surface area contributed by atoms with Gasteiger partial charge in [0, 0.05) is 13.6 Å². The van der Waals surface area contributed by atoms with Gasteiger partial charge in [-0.1, -0.05) is 42.5 Å². The lowest BCUT2D eigenvalue weighted by Crippen LogP contribution is -2.32. The Bertz CT molecular complexity index is 849. The zero-order valence-electron chi connectivity index (χ0n) is 12.2. The molecule has 5 nitrogen and oxygen atoms in total. The van der Waals surface area contributed by atoms with Gasteiger partial charge in [0.2, 0.25) is 5.91 Å². The van der Waals surface area contributed by atoms with Gasteiger partial charge in [0.15, 0.2) is 5.58 Å². The number of amides is 1. The zero-order chi connectivity index (χ0) is 15.5. The van der Waals surface area contributed by atoms with Crippen LogP contribution in [0.2, 0.25) is 0 Å². The third kappa shape index (κ3) is 2.79. The first-order chi connectivity index (χ1) is 10.6. The number of para-hydroxylation sites is 2. The van der Waals surface area contributed by atoms with Crippen LogP contribution in [-0.2, 0) is 17.9 Å². The summed E-state index contributed by atoms with van der Waals surface area (Å²) in [5.74, 6) is -0.653. The lowest BCUT2D eigenvalue weighted by molar-refractivity contribution is -0.131. The number of carbonyl (C=O) groups is 1. The Morgan fingerprint density at radius 3 is 2.55 bits per heavy atom. The number of hydrogen-bond acceptors (Lipinski definition) is 3. The largest absolute Gasteiger partial charge is 0.420 e. The number of hydrogen-bond donors (Lipinski definition) is 0. The molecule has 22 heavy (non-hydrogen) atoms. The van der Waals surface area contributed by atoms with E-state index in [1.165, 1.54) is 4.57 Å². The van der Waals surface area contributed by atoms with Gasteiger partial charge in [0.25, 0.3) is 0 Å². The third-order valence-electron chi connectivity index (χ3n) is 3.56. The molecule has 0 aliphatic heterocycles. The van der Waals surface area contributed by atoms with Crippen molar-refractivity contribution in [1.29, 1.82) is 0 Å². The SMILES string of the molecule is CN(Cc1ccccc1)C(=O)Cn1c(=O)oc2ccccc21. The van der Waals surface area contributed by atoms with Crippen molar-refractivity contribution in [3.05, 3.63) is 70.7 Å². The average molecular weight is 296 g/mol. The number of fused-ring (bicyclic) bond motifs is 1. The molecule has 1 amide bonds. The number of oxazole rings is 1. The maximum absolute atomic E-state index is 12.3. The van der Waals surface area contributed by atoms with E-state index < -0.39 is 5.76 Å². The Hall–Kier alpha value is -2.82. The summed E-state index contributed by atoms with van der Waals surface area (Å²) in [6, 6.07) is 16.8. The minimum atomic E-state index is -0.511. The fourth-order valence-electron chi connectivity index (χ4n) is 2.37. The fourth-order valence-corrected chi connectivity index (χ4v) is 2.37. The number of carbonyl (C=O) groups excluding carboxylic acids is 1. The lowest BCUT2D eigenvalue weighted by Gasteiger charge is -2.17. The summed E-state index contributed by atoms with van der Waals surface area (Å²) in [6.07, 6.45) is 0. The quantitative estimate of drug-likeness (QED) is 0.742. The summed E-state index contributed by atoms with van der Waals surface area (Å²) in [5.41, 5.74) is 2.17. The predicted octanol–water partition coefficient (Wildman–Crippen LogP) is 2.25. The topological polar surface area (TPSA) is 55.5 Å². The Labute approximate surface area is 127 Å². The Balaban J connectivity index is 1.78. The van der Waals surface area contributed by atoms with Gasteiger partial charge in [0.05, 0.1) is 5.52 Å². The van der Waals surface area contributed by atoms with Gasteiger partial charge in [-0.2, -0.15) is 0 Å². The summed E-state index contributed by atoms with van der Waals surface area (Å²) in [4.78, 5) is 25.8. The van der Waals surface area contributed by atoms with E-state index in [1.54, 1.807) is 30.1 Å². The normalized spacial score (nSPS) is 10.8. The summed E-state index contributed by atoms with van der Waals surface area (Å²) in [7, 11) is 1.72. The maximum atomic E-state index is 12.3. The molecule has 0 aliphatic rings. The summed E-state index contributed by atoms with van der Waals surface area (Å²) >= 11 is 0. The van der Waals surface area contributed by atoms with Crippen LogP contribution in [-0.4, -0.2) is 22.4 Å². The molecule has 0 atom stereocenters. The van der Waals surface area contributed by atoms with Crippen molar-refractivity contribution in [3.8, 4) is 0 Å². The van der Waals surface area contributed by atoms with Gasteiger partial charge in [-0.3, -0.25) is 9.36 Å². The highest BCUT2D eigenvalue weighted by Gasteiger charge is 2.15. The molecule has 0 spiro atoms. The molecule has 0 fully saturated rings. The van der Waals surface area contributed by atoms with Crippen molar-refractivity contribution in [3.63, 3.8) is 0 Å². The van der Waals surface area contributed by atoms with E-state index in [0.717, 1.165) is 5.56 Å². The molecule has 0 radical (unpaired) electrons. The van der Waals surface area contributed by atoms with Crippen molar-refractivity contribution >= 4 is 17.0 Å². The monoisotopic (exact) mass is 296 g/mol. The first-order valence-corrected chi connectivity index (χ1v) is 7.01. The Kier molecular flexibility index (Phi) is 3.78. The van der Waals surface area contributed by atoms with Crippen LogP contribution in [0, 0.1) is 0 Å². The van der Waals surface area contributed by atoms with E-state index in [2.05, 4.69) is 0 Å². The Morgan fingerprint density at radius 1 is 1.09 bits per heavy atom. The molecule has 5 heteroatoms. The number of rotatable bonds is 4.